The van der Waals surface area contributed by atoms with Gasteiger partial charge in [-0.3, -0.25) is 4.79 Å². The lowest BCUT2D eigenvalue weighted by Crippen LogP contribution is -2.31. The summed E-state index contributed by atoms with van der Waals surface area (Å²) in [6.45, 7) is 0.766. The van der Waals surface area contributed by atoms with Crippen molar-refractivity contribution in [2.45, 2.75) is 6.61 Å². The van der Waals surface area contributed by atoms with Crippen LogP contribution in [0, 0.1) is 0 Å². The van der Waals surface area contributed by atoms with Gasteiger partial charge in [-0.05, 0) is 35.9 Å². The van der Waals surface area contributed by atoms with E-state index in [4.69, 9.17) is 24.2 Å². The number of hydrogen-bond donors (Lipinski definition) is 2. The number of aliphatic hydroxyl groups is 1. The molecule has 3 aromatic rings. The highest BCUT2D eigenvalue weighted by Crippen LogP contribution is 2.40. The van der Waals surface area contributed by atoms with Crippen molar-refractivity contribution in [1.82, 2.24) is 4.98 Å². The van der Waals surface area contributed by atoms with E-state index in [1.807, 2.05) is 11.0 Å². The van der Waals surface area contributed by atoms with Crippen LogP contribution in [0.4, 0.5) is 17.2 Å². The smallest absolute Gasteiger partial charge is 0.259 e. The largest absolute Gasteiger partial charge is 0.489 e. The van der Waals surface area contributed by atoms with Crippen LogP contribution >= 0.6 is 11.6 Å². The topological polar surface area (TPSA) is 74.7 Å². The molecule has 144 valence electrons. The van der Waals surface area contributed by atoms with Crippen molar-refractivity contribution in [1.29, 1.82) is 0 Å². The molecule has 4 rings (SSSR count). The number of hydrogen-bond acceptors (Lipinski definition) is 5. The Balaban J connectivity index is 1.67. The van der Waals surface area contributed by atoms with Gasteiger partial charge < -0.3 is 20.1 Å². The SMILES string of the molecule is [B]c1ccc(NC(=O)c2cccc3c2OCCN3c2ncc(CO)cc2Cl)cc1. The molecule has 0 spiro atoms. The third kappa shape index (κ3) is 3.92. The van der Waals surface area contributed by atoms with Crippen molar-refractivity contribution < 1.29 is 14.6 Å². The lowest BCUT2D eigenvalue weighted by Gasteiger charge is -2.32. The van der Waals surface area contributed by atoms with Crippen molar-refractivity contribution in [3.63, 3.8) is 0 Å². The summed E-state index contributed by atoms with van der Waals surface area (Å²) in [6.07, 6.45) is 1.58. The van der Waals surface area contributed by atoms with Crippen LogP contribution in [0.2, 0.25) is 5.02 Å². The predicted octanol–water partition coefficient (Wildman–Crippen LogP) is 2.80. The third-order valence-electron chi connectivity index (χ3n) is 4.58. The third-order valence-corrected chi connectivity index (χ3v) is 4.85. The Morgan fingerprint density at radius 1 is 1.28 bits per heavy atom. The molecule has 6 nitrogen and oxygen atoms in total. The minimum absolute atomic E-state index is 0.137. The van der Waals surface area contributed by atoms with Gasteiger partial charge in [0.15, 0.2) is 11.6 Å². The van der Waals surface area contributed by atoms with Crippen LogP contribution in [0.15, 0.2) is 54.7 Å². The average molecular weight is 406 g/mol. The number of rotatable bonds is 4. The number of para-hydroxylation sites is 1. The van der Waals surface area contributed by atoms with E-state index in [1.54, 1.807) is 48.7 Å². The first kappa shape index (κ1) is 19.3. The van der Waals surface area contributed by atoms with Gasteiger partial charge in [-0.25, -0.2) is 4.98 Å². The van der Waals surface area contributed by atoms with Crippen molar-refractivity contribution in [2.75, 3.05) is 23.4 Å². The van der Waals surface area contributed by atoms with E-state index < -0.39 is 0 Å². The Morgan fingerprint density at radius 3 is 2.79 bits per heavy atom. The van der Waals surface area contributed by atoms with Gasteiger partial charge in [-0.2, -0.15) is 0 Å². The Bertz CT molecular complexity index is 1060. The molecule has 0 atom stereocenters. The number of aromatic nitrogens is 1. The molecule has 0 fully saturated rings. The molecule has 29 heavy (non-hydrogen) atoms. The average Bonchev–Trinajstić information content (AvgIpc) is 2.74. The molecule has 2 radical (unpaired) electrons. The summed E-state index contributed by atoms with van der Waals surface area (Å²) in [6, 6.07) is 13.9. The standard InChI is InChI=1S/C21H17BClN3O3/c22-14-4-6-15(7-5-14)25-21(28)16-2-1-3-18-19(16)29-9-8-26(18)20-17(23)10-13(12-27)11-24-20/h1-7,10-11,27H,8-9,12H2,(H,25,28). The number of pyridine rings is 1. The zero-order chi connectivity index (χ0) is 20.4. The highest BCUT2D eigenvalue weighted by molar-refractivity contribution is 6.33. The van der Waals surface area contributed by atoms with E-state index in [1.165, 1.54) is 0 Å². The summed E-state index contributed by atoms with van der Waals surface area (Å²) in [4.78, 5) is 19.1. The molecule has 1 aliphatic heterocycles. The molecule has 0 bridgehead atoms. The van der Waals surface area contributed by atoms with Crippen LogP contribution in [-0.2, 0) is 6.61 Å². The van der Waals surface area contributed by atoms with Gasteiger partial charge in [-0.15, -0.1) is 0 Å². The molecule has 0 saturated heterocycles. The maximum atomic E-state index is 12.9. The van der Waals surface area contributed by atoms with Crippen molar-refractivity contribution in [2.24, 2.45) is 0 Å². The van der Waals surface area contributed by atoms with Gasteiger partial charge in [0.2, 0.25) is 0 Å². The monoisotopic (exact) mass is 405 g/mol. The minimum Gasteiger partial charge on any atom is -0.489 e. The predicted molar refractivity (Wildman–Crippen MR) is 114 cm³/mol. The fourth-order valence-electron chi connectivity index (χ4n) is 3.17. The molecule has 0 unspecified atom stereocenters. The number of nitrogens with zero attached hydrogens (tertiary/aromatic N) is 2. The Labute approximate surface area is 174 Å². The number of anilines is 3. The number of fused-ring (bicyclic) bond motifs is 1. The number of amides is 1. The first-order valence-electron chi connectivity index (χ1n) is 9.02. The van der Waals surface area contributed by atoms with Crippen LogP contribution in [0.25, 0.3) is 0 Å². The van der Waals surface area contributed by atoms with Crippen LogP contribution in [0.1, 0.15) is 15.9 Å². The van der Waals surface area contributed by atoms with Gasteiger partial charge in [0.1, 0.15) is 14.5 Å². The molecule has 0 aliphatic carbocycles. The number of halogens is 1. The fourth-order valence-corrected chi connectivity index (χ4v) is 3.46. The van der Waals surface area contributed by atoms with Crippen LogP contribution in [-0.4, -0.2) is 37.0 Å². The summed E-state index contributed by atoms with van der Waals surface area (Å²) >= 11 is 6.38. The summed E-state index contributed by atoms with van der Waals surface area (Å²) < 4.78 is 5.84. The quantitative estimate of drug-likeness (QED) is 0.653. The molecule has 2 heterocycles. The van der Waals surface area contributed by atoms with Gasteiger partial charge in [0.05, 0.1) is 29.4 Å². The molecule has 1 aliphatic rings. The van der Waals surface area contributed by atoms with Crippen LogP contribution in [0.5, 0.6) is 5.75 Å². The summed E-state index contributed by atoms with van der Waals surface area (Å²) in [5.41, 5.74) is 3.00. The number of benzene rings is 2. The molecule has 0 saturated carbocycles. The number of ether oxygens (including phenoxy) is 1. The summed E-state index contributed by atoms with van der Waals surface area (Å²) in [5.74, 6) is 0.725. The van der Waals surface area contributed by atoms with Gasteiger partial charge in [0, 0.05) is 11.9 Å². The zero-order valence-corrected chi connectivity index (χ0v) is 16.2. The summed E-state index contributed by atoms with van der Waals surface area (Å²) in [5, 5.41) is 12.5. The van der Waals surface area contributed by atoms with E-state index >= 15 is 0 Å². The normalized spacial score (nSPS) is 12.8. The van der Waals surface area contributed by atoms with E-state index in [9.17, 15) is 9.90 Å². The Hall–Kier alpha value is -3.03. The lowest BCUT2D eigenvalue weighted by atomic mass is 9.96. The number of carbonyl (C=O) groups excluding carboxylic acids is 1. The molecule has 1 amide bonds. The number of nitrogens with one attached hydrogen (secondary N) is 1. The molecular formula is C21H17BClN3O3. The molecule has 2 N–H and O–H groups in total. The highest BCUT2D eigenvalue weighted by atomic mass is 35.5. The van der Waals surface area contributed by atoms with E-state index in [-0.39, 0.29) is 12.5 Å². The first-order valence-corrected chi connectivity index (χ1v) is 9.40. The summed E-state index contributed by atoms with van der Waals surface area (Å²) in [7, 11) is 5.69. The van der Waals surface area contributed by atoms with Gasteiger partial charge >= 0.3 is 0 Å². The Kier molecular flexibility index (Phi) is 5.42. The van der Waals surface area contributed by atoms with E-state index in [0.717, 1.165) is 0 Å². The molecule has 2 aromatic carbocycles. The highest BCUT2D eigenvalue weighted by Gasteiger charge is 2.26. The van der Waals surface area contributed by atoms with Crippen LogP contribution in [0.3, 0.4) is 0 Å². The number of aliphatic hydroxyl groups excluding tert-OH is 1. The minimum atomic E-state index is -0.289. The first-order chi connectivity index (χ1) is 14.1. The molecule has 8 heteroatoms. The zero-order valence-electron chi connectivity index (χ0n) is 15.4. The van der Waals surface area contributed by atoms with Gasteiger partial charge in [-0.1, -0.05) is 35.3 Å². The van der Waals surface area contributed by atoms with Gasteiger partial charge in [0.25, 0.3) is 5.91 Å². The van der Waals surface area contributed by atoms with Crippen molar-refractivity contribution in [3.8, 4) is 5.75 Å². The van der Waals surface area contributed by atoms with Crippen molar-refractivity contribution in [3.05, 3.63) is 70.9 Å². The second-order valence-corrected chi connectivity index (χ2v) is 6.94. The number of carbonyl (C=O) groups is 1. The lowest BCUT2D eigenvalue weighted by molar-refractivity contribution is 0.102. The maximum Gasteiger partial charge on any atom is 0.259 e. The van der Waals surface area contributed by atoms with E-state index in [0.29, 0.717) is 57.7 Å². The maximum absolute atomic E-state index is 12.9. The van der Waals surface area contributed by atoms with E-state index in [2.05, 4.69) is 10.3 Å². The fraction of sp³-hybridized carbons (Fsp3) is 0.143. The second-order valence-electron chi connectivity index (χ2n) is 6.54. The van der Waals surface area contributed by atoms with Crippen molar-refractivity contribution >= 4 is 48.0 Å². The second kappa shape index (κ2) is 8.15. The molecule has 1 aromatic heterocycles. The Morgan fingerprint density at radius 2 is 2.07 bits per heavy atom. The van der Waals surface area contributed by atoms with Crippen LogP contribution < -0.4 is 20.4 Å². The molecular weight excluding hydrogens is 389 g/mol.